The number of hydrogen-bond donors (Lipinski definition) is 2. The minimum absolute atomic E-state index is 0.283. The van der Waals surface area contributed by atoms with Gasteiger partial charge in [0.1, 0.15) is 6.54 Å². The molecule has 0 saturated carbocycles. The molecule has 15 heavy (non-hydrogen) atoms. The van der Waals surface area contributed by atoms with E-state index in [0.29, 0.717) is 6.61 Å². The van der Waals surface area contributed by atoms with Gasteiger partial charge >= 0.3 is 0 Å². The summed E-state index contributed by atoms with van der Waals surface area (Å²) in [6.07, 6.45) is 0. The van der Waals surface area contributed by atoms with E-state index in [0.717, 1.165) is 16.8 Å². The van der Waals surface area contributed by atoms with Crippen molar-refractivity contribution in [3.8, 4) is 0 Å². The van der Waals surface area contributed by atoms with Crippen molar-refractivity contribution in [2.45, 2.75) is 13.5 Å². The smallest absolute Gasteiger partial charge is 0.265 e. The Morgan fingerprint density at radius 3 is 2.93 bits per heavy atom. The fourth-order valence-corrected chi connectivity index (χ4v) is 0.908. The van der Waals surface area contributed by atoms with E-state index in [4.69, 9.17) is 0 Å². The zero-order chi connectivity index (χ0) is 11.3. The molecule has 0 spiro atoms. The van der Waals surface area contributed by atoms with Crippen molar-refractivity contribution in [3.63, 3.8) is 0 Å². The number of amides is 1. The second kappa shape index (κ2) is 5.11. The van der Waals surface area contributed by atoms with E-state index in [1.807, 2.05) is 0 Å². The quantitative estimate of drug-likeness (QED) is 0.602. The van der Waals surface area contributed by atoms with Gasteiger partial charge in [0.25, 0.3) is 17.0 Å². The summed E-state index contributed by atoms with van der Waals surface area (Å²) >= 11 is 0. The van der Waals surface area contributed by atoms with Gasteiger partial charge in [0.2, 0.25) is 0 Å². The van der Waals surface area contributed by atoms with Crippen molar-refractivity contribution in [2.24, 2.45) is 0 Å². The number of carbonyl (C=O) groups excluding carboxylic acids is 1. The molecule has 1 rings (SSSR count). The van der Waals surface area contributed by atoms with E-state index in [2.05, 4.69) is 15.4 Å². The van der Waals surface area contributed by atoms with Crippen LogP contribution in [0.3, 0.4) is 0 Å². The zero-order valence-corrected chi connectivity index (χ0v) is 8.15. The Labute approximate surface area is 84.6 Å². The summed E-state index contributed by atoms with van der Waals surface area (Å²) in [5.41, 5.74) is 1.20. The number of aromatic amines is 1. The van der Waals surface area contributed by atoms with Crippen LogP contribution in [0.4, 0.5) is 0 Å². The summed E-state index contributed by atoms with van der Waals surface area (Å²) in [4.78, 5) is 37.8. The lowest BCUT2D eigenvalue weighted by Gasteiger charge is -2.05. The summed E-state index contributed by atoms with van der Waals surface area (Å²) in [7, 11) is 0. The van der Waals surface area contributed by atoms with E-state index in [9.17, 15) is 14.4 Å². The molecule has 0 saturated heterocycles. The molecule has 0 aromatic carbocycles. The van der Waals surface area contributed by atoms with Crippen molar-refractivity contribution in [1.29, 1.82) is 0 Å². The minimum Gasteiger partial charge on any atom is -0.274 e. The number of rotatable bonds is 4. The van der Waals surface area contributed by atoms with Gasteiger partial charge in [-0.1, -0.05) is 0 Å². The van der Waals surface area contributed by atoms with Gasteiger partial charge in [-0.25, -0.2) is 10.2 Å². The molecule has 0 bridgehead atoms. The Hall–Kier alpha value is -1.89. The van der Waals surface area contributed by atoms with Crippen LogP contribution in [0, 0.1) is 0 Å². The van der Waals surface area contributed by atoms with E-state index in [1.165, 1.54) is 0 Å². The van der Waals surface area contributed by atoms with Gasteiger partial charge in [-0.3, -0.25) is 24.3 Å². The van der Waals surface area contributed by atoms with Gasteiger partial charge in [-0.15, -0.1) is 0 Å². The van der Waals surface area contributed by atoms with Crippen LogP contribution in [0.5, 0.6) is 0 Å². The van der Waals surface area contributed by atoms with Crippen LogP contribution >= 0.6 is 0 Å². The maximum absolute atomic E-state index is 11.2. The van der Waals surface area contributed by atoms with Crippen LogP contribution in [-0.2, 0) is 16.2 Å². The fraction of sp³-hybridized carbons (Fsp3) is 0.375. The van der Waals surface area contributed by atoms with Gasteiger partial charge < -0.3 is 0 Å². The van der Waals surface area contributed by atoms with Crippen molar-refractivity contribution < 1.29 is 9.63 Å². The summed E-state index contributed by atoms with van der Waals surface area (Å²) < 4.78 is 0.899. The maximum atomic E-state index is 11.2. The third kappa shape index (κ3) is 3.39. The van der Waals surface area contributed by atoms with Crippen LogP contribution in [0.2, 0.25) is 0 Å². The number of nitrogens with zero attached hydrogens (tertiary/aromatic N) is 1. The molecule has 7 nitrogen and oxygen atoms in total. The highest BCUT2D eigenvalue weighted by Gasteiger charge is 2.03. The average Bonchev–Trinajstić information content (AvgIpc) is 2.20. The molecular formula is C8H11N3O4. The van der Waals surface area contributed by atoms with Crippen molar-refractivity contribution in [1.82, 2.24) is 15.3 Å². The summed E-state index contributed by atoms with van der Waals surface area (Å²) in [6, 6.07) is 2.19. The Bertz CT molecular complexity index is 448. The molecule has 1 amide bonds. The molecule has 1 aromatic heterocycles. The molecule has 1 heterocycles. The number of H-pyrrole nitrogens is 1. The van der Waals surface area contributed by atoms with Gasteiger partial charge in [0.15, 0.2) is 0 Å². The molecule has 0 aliphatic carbocycles. The van der Waals surface area contributed by atoms with E-state index in [-0.39, 0.29) is 6.54 Å². The number of carbonyl (C=O) groups is 1. The van der Waals surface area contributed by atoms with Gasteiger partial charge in [-0.2, -0.15) is 0 Å². The largest absolute Gasteiger partial charge is 0.274 e. The molecule has 0 radical (unpaired) electrons. The molecule has 0 atom stereocenters. The van der Waals surface area contributed by atoms with Crippen LogP contribution in [0.1, 0.15) is 6.92 Å². The van der Waals surface area contributed by atoms with E-state index >= 15 is 0 Å². The molecule has 0 aliphatic heterocycles. The Morgan fingerprint density at radius 2 is 2.27 bits per heavy atom. The van der Waals surface area contributed by atoms with Crippen molar-refractivity contribution in [2.75, 3.05) is 6.61 Å². The van der Waals surface area contributed by atoms with E-state index < -0.39 is 17.0 Å². The van der Waals surface area contributed by atoms with Crippen molar-refractivity contribution >= 4 is 5.91 Å². The van der Waals surface area contributed by atoms with Gasteiger partial charge in [0, 0.05) is 12.1 Å². The molecule has 7 heteroatoms. The topological polar surface area (TPSA) is 93.2 Å². The Balaban J connectivity index is 2.72. The summed E-state index contributed by atoms with van der Waals surface area (Å²) in [5, 5.41) is 2.22. The Morgan fingerprint density at radius 1 is 1.53 bits per heavy atom. The summed E-state index contributed by atoms with van der Waals surface area (Å²) in [5.74, 6) is -0.513. The predicted molar refractivity (Wildman–Crippen MR) is 51.1 cm³/mol. The molecule has 2 N–H and O–H groups in total. The van der Waals surface area contributed by atoms with Crippen LogP contribution in [0.15, 0.2) is 21.7 Å². The second-order valence-electron chi connectivity index (χ2n) is 2.69. The highest BCUT2D eigenvalue weighted by atomic mass is 16.6. The monoisotopic (exact) mass is 213 g/mol. The van der Waals surface area contributed by atoms with Gasteiger partial charge in [0.05, 0.1) is 6.61 Å². The average molecular weight is 213 g/mol. The first-order valence-corrected chi connectivity index (χ1v) is 4.34. The van der Waals surface area contributed by atoms with Crippen LogP contribution in [-0.4, -0.2) is 22.3 Å². The SMILES string of the molecule is CCONC(=O)Cn1[nH]c(=O)ccc1=O. The van der Waals surface area contributed by atoms with Crippen LogP contribution in [0.25, 0.3) is 0 Å². The first-order valence-electron chi connectivity index (χ1n) is 4.34. The minimum atomic E-state index is -0.513. The molecule has 0 aliphatic rings. The number of hydroxylamine groups is 1. The lowest BCUT2D eigenvalue weighted by atomic mass is 10.5. The van der Waals surface area contributed by atoms with Crippen LogP contribution < -0.4 is 16.6 Å². The van der Waals surface area contributed by atoms with Crippen molar-refractivity contribution in [3.05, 3.63) is 32.8 Å². The fourth-order valence-electron chi connectivity index (χ4n) is 0.908. The molecule has 1 aromatic rings. The highest BCUT2D eigenvalue weighted by molar-refractivity contribution is 5.74. The van der Waals surface area contributed by atoms with E-state index in [1.54, 1.807) is 6.92 Å². The maximum Gasteiger partial charge on any atom is 0.265 e. The zero-order valence-electron chi connectivity index (χ0n) is 8.15. The summed E-state index contributed by atoms with van der Waals surface area (Å²) in [6.45, 7) is 1.75. The number of hydrogen-bond acceptors (Lipinski definition) is 4. The second-order valence-corrected chi connectivity index (χ2v) is 2.69. The molecule has 0 unspecified atom stereocenters. The highest BCUT2D eigenvalue weighted by Crippen LogP contribution is 1.75. The van der Waals surface area contributed by atoms with Gasteiger partial charge in [-0.05, 0) is 6.92 Å². The third-order valence-corrected chi connectivity index (χ3v) is 1.52. The lowest BCUT2D eigenvalue weighted by Crippen LogP contribution is -2.35. The number of aromatic nitrogens is 2. The lowest BCUT2D eigenvalue weighted by molar-refractivity contribution is -0.134. The standard InChI is InChI=1S/C8H11N3O4/c1-2-15-10-7(13)5-11-8(14)4-3-6(12)9-11/h3-4H,2,5H2,1H3,(H,9,12)(H,10,13). The molecule has 82 valence electrons. The molecule has 0 fully saturated rings. The number of nitrogens with one attached hydrogen (secondary N) is 2. The third-order valence-electron chi connectivity index (χ3n) is 1.52. The normalized spacial score (nSPS) is 9.93. The first kappa shape index (κ1) is 11.2. The predicted octanol–water partition coefficient (Wildman–Crippen LogP) is -1.40. The Kier molecular flexibility index (Phi) is 3.81. The first-order chi connectivity index (χ1) is 7.13. The molecular weight excluding hydrogens is 202 g/mol.